The third kappa shape index (κ3) is 3.62. The summed E-state index contributed by atoms with van der Waals surface area (Å²) in [6.07, 6.45) is 0.202. The highest BCUT2D eigenvalue weighted by Crippen LogP contribution is 2.28. The lowest BCUT2D eigenvalue weighted by Gasteiger charge is -2.17. The molecular formula is C18H16BrClN2O2. The van der Waals surface area contributed by atoms with Gasteiger partial charge in [0.15, 0.2) is 0 Å². The smallest absolute Gasteiger partial charge is 0.229 e. The number of hydrogen-bond acceptors (Lipinski definition) is 2. The number of aryl methyl sites for hydroxylation is 1. The van der Waals surface area contributed by atoms with Gasteiger partial charge in [-0.15, -0.1) is 0 Å². The van der Waals surface area contributed by atoms with Gasteiger partial charge in [-0.25, -0.2) is 0 Å². The number of amides is 2. The topological polar surface area (TPSA) is 49.4 Å². The van der Waals surface area contributed by atoms with Crippen molar-refractivity contribution in [2.24, 2.45) is 5.92 Å². The molecule has 2 amide bonds. The lowest BCUT2D eigenvalue weighted by atomic mass is 10.1. The summed E-state index contributed by atoms with van der Waals surface area (Å²) in [5, 5.41) is 3.46. The second-order valence-corrected chi connectivity index (χ2v) is 7.13. The second kappa shape index (κ2) is 6.95. The fourth-order valence-electron chi connectivity index (χ4n) is 2.74. The molecule has 24 heavy (non-hydrogen) atoms. The van der Waals surface area contributed by atoms with Gasteiger partial charge in [0, 0.05) is 33.8 Å². The van der Waals surface area contributed by atoms with E-state index in [0.29, 0.717) is 11.6 Å². The number of rotatable bonds is 3. The molecule has 124 valence electrons. The van der Waals surface area contributed by atoms with Gasteiger partial charge in [-0.2, -0.15) is 0 Å². The fourth-order valence-corrected chi connectivity index (χ4v) is 3.17. The zero-order valence-corrected chi connectivity index (χ0v) is 15.4. The van der Waals surface area contributed by atoms with Crippen LogP contribution in [0.1, 0.15) is 12.0 Å². The summed E-state index contributed by atoms with van der Waals surface area (Å²) in [4.78, 5) is 26.3. The van der Waals surface area contributed by atoms with Gasteiger partial charge < -0.3 is 10.2 Å². The maximum atomic E-state index is 12.5. The molecule has 2 aromatic carbocycles. The highest BCUT2D eigenvalue weighted by atomic mass is 79.9. The fraction of sp³-hybridized carbons (Fsp3) is 0.222. The molecule has 1 N–H and O–H groups in total. The monoisotopic (exact) mass is 406 g/mol. The molecule has 0 spiro atoms. The summed E-state index contributed by atoms with van der Waals surface area (Å²) < 4.78 is 0.990. The number of carbonyl (C=O) groups excluding carboxylic acids is 2. The van der Waals surface area contributed by atoms with Crippen molar-refractivity contribution in [3.8, 4) is 0 Å². The summed E-state index contributed by atoms with van der Waals surface area (Å²) in [6.45, 7) is 2.32. The Labute approximate surface area is 153 Å². The first-order chi connectivity index (χ1) is 11.4. The molecular weight excluding hydrogens is 392 g/mol. The van der Waals surface area contributed by atoms with Crippen LogP contribution in [0.4, 0.5) is 11.4 Å². The lowest BCUT2D eigenvalue weighted by Crippen LogP contribution is -2.28. The van der Waals surface area contributed by atoms with Crippen LogP contribution >= 0.6 is 27.5 Å². The Kier molecular flexibility index (Phi) is 4.92. The highest BCUT2D eigenvalue weighted by Gasteiger charge is 2.35. The van der Waals surface area contributed by atoms with Crippen LogP contribution < -0.4 is 10.2 Å². The molecule has 4 nitrogen and oxygen atoms in total. The first kappa shape index (κ1) is 17.0. The van der Waals surface area contributed by atoms with E-state index in [0.717, 1.165) is 21.4 Å². The van der Waals surface area contributed by atoms with Crippen LogP contribution in [0.2, 0.25) is 5.02 Å². The molecule has 0 saturated carbocycles. The van der Waals surface area contributed by atoms with Crippen molar-refractivity contribution in [3.05, 3.63) is 57.5 Å². The van der Waals surface area contributed by atoms with E-state index in [-0.39, 0.29) is 24.2 Å². The Bertz CT molecular complexity index is 809. The summed E-state index contributed by atoms with van der Waals surface area (Å²) in [6, 6.07) is 12.7. The summed E-state index contributed by atoms with van der Waals surface area (Å²) in [7, 11) is 0. The van der Waals surface area contributed by atoms with E-state index in [4.69, 9.17) is 11.6 Å². The molecule has 1 aliphatic heterocycles. The molecule has 1 heterocycles. The number of halogens is 2. The molecule has 0 radical (unpaired) electrons. The first-order valence-electron chi connectivity index (χ1n) is 7.57. The van der Waals surface area contributed by atoms with Gasteiger partial charge in [0.2, 0.25) is 11.8 Å². The number of hydrogen-bond donors (Lipinski definition) is 1. The van der Waals surface area contributed by atoms with E-state index < -0.39 is 0 Å². The number of carbonyl (C=O) groups is 2. The van der Waals surface area contributed by atoms with Gasteiger partial charge in [0.1, 0.15) is 0 Å². The normalized spacial score (nSPS) is 17.2. The highest BCUT2D eigenvalue weighted by molar-refractivity contribution is 9.10. The van der Waals surface area contributed by atoms with Crippen molar-refractivity contribution < 1.29 is 9.59 Å². The number of nitrogens with one attached hydrogen (secondary N) is 1. The molecule has 1 fully saturated rings. The average molecular weight is 408 g/mol. The van der Waals surface area contributed by atoms with Crippen LogP contribution in [0.5, 0.6) is 0 Å². The van der Waals surface area contributed by atoms with Crippen LogP contribution in [0, 0.1) is 12.8 Å². The van der Waals surface area contributed by atoms with Crippen molar-refractivity contribution >= 4 is 50.7 Å². The minimum absolute atomic E-state index is 0.0654. The van der Waals surface area contributed by atoms with Crippen molar-refractivity contribution in [1.82, 2.24) is 0 Å². The van der Waals surface area contributed by atoms with E-state index in [1.54, 1.807) is 23.1 Å². The Morgan fingerprint density at radius 1 is 1.29 bits per heavy atom. The summed E-state index contributed by atoms with van der Waals surface area (Å²) in [5.74, 6) is -0.584. The van der Waals surface area contributed by atoms with Gasteiger partial charge in [0.05, 0.1) is 5.92 Å². The number of nitrogens with zero attached hydrogens (tertiary/aromatic N) is 1. The van der Waals surface area contributed by atoms with Gasteiger partial charge in [-0.1, -0.05) is 33.6 Å². The van der Waals surface area contributed by atoms with Crippen LogP contribution in [0.15, 0.2) is 46.9 Å². The zero-order chi connectivity index (χ0) is 17.3. The standard InChI is InChI=1S/C18H16BrClN2O2/c1-11-7-14(5-6-16(11)19)21-18(24)12-8-17(23)22(10-12)15-4-2-3-13(20)9-15/h2-7,9,12H,8,10H2,1H3,(H,21,24)/t12-/m0/s1. The Morgan fingerprint density at radius 3 is 2.79 bits per heavy atom. The van der Waals surface area contributed by atoms with Crippen LogP contribution in [-0.2, 0) is 9.59 Å². The van der Waals surface area contributed by atoms with E-state index >= 15 is 0 Å². The SMILES string of the molecule is Cc1cc(NC(=O)[C@H]2CC(=O)N(c3cccc(Cl)c3)C2)ccc1Br. The molecule has 0 unspecified atom stereocenters. The van der Waals surface area contributed by atoms with Crippen molar-refractivity contribution in [2.75, 3.05) is 16.8 Å². The first-order valence-corrected chi connectivity index (χ1v) is 8.74. The molecule has 0 aromatic heterocycles. The Balaban J connectivity index is 1.70. The molecule has 3 rings (SSSR count). The van der Waals surface area contributed by atoms with Crippen LogP contribution in [-0.4, -0.2) is 18.4 Å². The third-order valence-corrected chi connectivity index (χ3v) is 5.17. The summed E-state index contributed by atoms with van der Waals surface area (Å²) in [5.41, 5.74) is 2.49. The maximum Gasteiger partial charge on any atom is 0.229 e. The molecule has 1 atom stereocenters. The predicted octanol–water partition coefficient (Wildman–Crippen LogP) is 4.40. The minimum atomic E-state index is -0.375. The van der Waals surface area contributed by atoms with Gasteiger partial charge >= 0.3 is 0 Å². The van der Waals surface area contributed by atoms with Crippen molar-refractivity contribution in [1.29, 1.82) is 0 Å². The molecule has 2 aromatic rings. The predicted molar refractivity (Wildman–Crippen MR) is 99.4 cm³/mol. The Hall–Kier alpha value is -1.85. The molecule has 1 saturated heterocycles. The Morgan fingerprint density at radius 2 is 2.08 bits per heavy atom. The van der Waals surface area contributed by atoms with Gasteiger partial charge in [-0.3, -0.25) is 9.59 Å². The lowest BCUT2D eigenvalue weighted by molar-refractivity contribution is -0.122. The van der Waals surface area contributed by atoms with Crippen LogP contribution in [0.25, 0.3) is 0 Å². The quantitative estimate of drug-likeness (QED) is 0.819. The van der Waals surface area contributed by atoms with Crippen molar-refractivity contribution in [2.45, 2.75) is 13.3 Å². The zero-order valence-electron chi connectivity index (χ0n) is 13.1. The van der Waals surface area contributed by atoms with Gasteiger partial charge in [0.25, 0.3) is 0 Å². The van der Waals surface area contributed by atoms with E-state index in [9.17, 15) is 9.59 Å². The molecule has 0 aliphatic carbocycles. The number of benzene rings is 2. The van der Waals surface area contributed by atoms with Gasteiger partial charge in [-0.05, 0) is 48.9 Å². The van der Waals surface area contributed by atoms with E-state index in [1.807, 2.05) is 31.2 Å². The molecule has 6 heteroatoms. The average Bonchev–Trinajstić information content (AvgIpc) is 2.93. The van der Waals surface area contributed by atoms with E-state index in [1.165, 1.54) is 0 Å². The minimum Gasteiger partial charge on any atom is -0.326 e. The number of anilines is 2. The molecule has 1 aliphatic rings. The summed E-state index contributed by atoms with van der Waals surface area (Å²) >= 11 is 9.42. The van der Waals surface area contributed by atoms with E-state index in [2.05, 4.69) is 21.2 Å². The maximum absolute atomic E-state index is 12.5. The van der Waals surface area contributed by atoms with Crippen molar-refractivity contribution in [3.63, 3.8) is 0 Å². The second-order valence-electron chi connectivity index (χ2n) is 5.84. The third-order valence-electron chi connectivity index (χ3n) is 4.04. The van der Waals surface area contributed by atoms with Crippen LogP contribution in [0.3, 0.4) is 0 Å². The largest absolute Gasteiger partial charge is 0.326 e. The molecule has 0 bridgehead atoms.